The van der Waals surface area contributed by atoms with Crippen LogP contribution in [0.2, 0.25) is 0 Å². The zero-order valence-corrected chi connectivity index (χ0v) is 15.7. The molecule has 0 heterocycles. The summed E-state index contributed by atoms with van der Waals surface area (Å²) in [6.07, 6.45) is 0. The second-order valence-electron chi connectivity index (χ2n) is 6.30. The van der Waals surface area contributed by atoms with Crippen LogP contribution < -0.4 is 5.32 Å². The Labute approximate surface area is 159 Å². The van der Waals surface area contributed by atoms with Gasteiger partial charge in [0, 0.05) is 17.1 Å². The zero-order valence-electron chi connectivity index (χ0n) is 14.9. The first-order valence-corrected chi connectivity index (χ1v) is 9.92. The first kappa shape index (κ1) is 18.3. The molecule has 0 aliphatic heterocycles. The fourth-order valence-corrected chi connectivity index (χ4v) is 3.78. The van der Waals surface area contributed by atoms with E-state index in [9.17, 15) is 4.79 Å². The number of aryl methyl sites for hydroxylation is 1. The topological polar surface area (TPSA) is 29.1 Å². The van der Waals surface area contributed by atoms with E-state index in [0.29, 0.717) is 5.56 Å². The summed E-state index contributed by atoms with van der Waals surface area (Å²) in [5.41, 5.74) is 4.28. The van der Waals surface area contributed by atoms with E-state index in [1.165, 1.54) is 5.56 Å². The fourth-order valence-electron chi connectivity index (χ4n) is 2.72. The third kappa shape index (κ3) is 5.24. The predicted molar refractivity (Wildman–Crippen MR) is 110 cm³/mol. The summed E-state index contributed by atoms with van der Waals surface area (Å²) in [5, 5.41) is 3.20. The summed E-state index contributed by atoms with van der Waals surface area (Å²) in [6.45, 7) is 2.02. The summed E-state index contributed by atoms with van der Waals surface area (Å²) in [6, 6.07) is 28.3. The molecule has 0 saturated carbocycles. The van der Waals surface area contributed by atoms with Gasteiger partial charge in [0.05, 0.1) is 6.04 Å². The van der Waals surface area contributed by atoms with Gasteiger partial charge in [-0.15, -0.1) is 0 Å². The van der Waals surface area contributed by atoms with Gasteiger partial charge in [0.1, 0.15) is 0 Å². The highest BCUT2D eigenvalue weighted by molar-refractivity contribution is 7.98. The lowest BCUT2D eigenvalue weighted by molar-refractivity contribution is 0.0940. The second-order valence-corrected chi connectivity index (χ2v) is 7.33. The summed E-state index contributed by atoms with van der Waals surface area (Å²) in [7, 11) is 0. The van der Waals surface area contributed by atoms with E-state index in [4.69, 9.17) is 0 Å². The van der Waals surface area contributed by atoms with Crippen LogP contribution in [0.1, 0.15) is 33.1 Å². The molecule has 0 radical (unpaired) electrons. The second kappa shape index (κ2) is 9.25. The van der Waals surface area contributed by atoms with Crippen LogP contribution >= 0.6 is 11.8 Å². The van der Waals surface area contributed by atoms with Crippen molar-refractivity contribution in [3.05, 3.63) is 107 Å². The molecule has 1 amide bonds. The number of carbonyl (C=O) groups excluding carboxylic acids is 1. The van der Waals surface area contributed by atoms with E-state index in [0.717, 1.165) is 22.6 Å². The van der Waals surface area contributed by atoms with Crippen molar-refractivity contribution in [2.45, 2.75) is 18.7 Å². The van der Waals surface area contributed by atoms with Gasteiger partial charge < -0.3 is 5.32 Å². The first-order chi connectivity index (χ1) is 12.7. The third-order valence-corrected chi connectivity index (χ3v) is 5.32. The lowest BCUT2D eigenvalue weighted by atomic mass is 10.1. The lowest BCUT2D eigenvalue weighted by Gasteiger charge is -2.19. The molecule has 2 nitrogen and oxygen atoms in total. The number of hydrogen-bond acceptors (Lipinski definition) is 2. The standard InChI is InChI=1S/C23H23NOS/c1-18-12-14-21(15-13-18)23(25)24-22(20-10-6-3-7-11-20)17-26-16-19-8-4-2-5-9-19/h2-15,22H,16-17H2,1H3,(H,24,25). The molecular weight excluding hydrogens is 338 g/mol. The van der Waals surface area contributed by atoms with Gasteiger partial charge in [0.15, 0.2) is 0 Å². The molecule has 3 heteroatoms. The molecule has 0 bridgehead atoms. The molecule has 1 unspecified atom stereocenters. The maximum Gasteiger partial charge on any atom is 0.251 e. The molecule has 132 valence electrons. The van der Waals surface area contributed by atoms with E-state index < -0.39 is 0 Å². The van der Waals surface area contributed by atoms with Gasteiger partial charge in [-0.3, -0.25) is 4.79 Å². The van der Waals surface area contributed by atoms with Crippen molar-refractivity contribution >= 4 is 17.7 Å². The smallest absolute Gasteiger partial charge is 0.251 e. The zero-order chi connectivity index (χ0) is 18.2. The van der Waals surface area contributed by atoms with Crippen molar-refractivity contribution in [3.8, 4) is 0 Å². The molecule has 0 spiro atoms. The van der Waals surface area contributed by atoms with Gasteiger partial charge in [-0.1, -0.05) is 78.4 Å². The minimum Gasteiger partial charge on any atom is -0.344 e. The van der Waals surface area contributed by atoms with E-state index >= 15 is 0 Å². The van der Waals surface area contributed by atoms with Crippen LogP contribution in [-0.2, 0) is 5.75 Å². The Bertz CT molecular complexity index is 816. The Morgan fingerprint density at radius 2 is 1.50 bits per heavy atom. The molecule has 26 heavy (non-hydrogen) atoms. The highest BCUT2D eigenvalue weighted by Gasteiger charge is 2.15. The van der Waals surface area contributed by atoms with Crippen LogP contribution in [0.3, 0.4) is 0 Å². The van der Waals surface area contributed by atoms with Crippen LogP contribution in [-0.4, -0.2) is 11.7 Å². The minimum absolute atomic E-state index is 0.0151. The SMILES string of the molecule is Cc1ccc(C(=O)NC(CSCc2ccccc2)c2ccccc2)cc1. The van der Waals surface area contributed by atoms with E-state index in [-0.39, 0.29) is 11.9 Å². The van der Waals surface area contributed by atoms with Crippen LogP contribution in [0, 0.1) is 6.92 Å². The van der Waals surface area contributed by atoms with Crippen molar-refractivity contribution < 1.29 is 4.79 Å². The summed E-state index contributed by atoms with van der Waals surface area (Å²) < 4.78 is 0. The highest BCUT2D eigenvalue weighted by Crippen LogP contribution is 2.22. The number of thioether (sulfide) groups is 1. The lowest BCUT2D eigenvalue weighted by Crippen LogP contribution is -2.30. The summed E-state index contributed by atoms with van der Waals surface area (Å²) in [4.78, 5) is 12.7. The fraction of sp³-hybridized carbons (Fsp3) is 0.174. The van der Waals surface area contributed by atoms with Crippen molar-refractivity contribution in [3.63, 3.8) is 0 Å². The Kier molecular flexibility index (Phi) is 6.50. The van der Waals surface area contributed by atoms with Gasteiger partial charge in [0.2, 0.25) is 0 Å². The van der Waals surface area contributed by atoms with Gasteiger partial charge >= 0.3 is 0 Å². The first-order valence-electron chi connectivity index (χ1n) is 8.76. The largest absolute Gasteiger partial charge is 0.344 e. The Morgan fingerprint density at radius 3 is 2.15 bits per heavy atom. The van der Waals surface area contributed by atoms with E-state index in [1.54, 1.807) is 0 Å². The highest BCUT2D eigenvalue weighted by atomic mass is 32.2. The quantitative estimate of drug-likeness (QED) is 0.610. The molecule has 3 aromatic rings. The van der Waals surface area contributed by atoms with Crippen molar-refractivity contribution in [1.29, 1.82) is 0 Å². The van der Waals surface area contributed by atoms with Crippen LogP contribution in [0.4, 0.5) is 0 Å². The normalized spacial score (nSPS) is 11.7. The molecule has 0 aromatic heterocycles. The maximum atomic E-state index is 12.7. The van der Waals surface area contributed by atoms with E-state index in [1.807, 2.05) is 67.2 Å². The molecule has 0 saturated heterocycles. The number of carbonyl (C=O) groups is 1. The molecular formula is C23H23NOS. The summed E-state index contributed by atoms with van der Waals surface area (Å²) in [5.74, 6) is 1.74. The summed E-state index contributed by atoms with van der Waals surface area (Å²) >= 11 is 1.83. The molecule has 0 fully saturated rings. The number of benzene rings is 3. The Morgan fingerprint density at radius 1 is 0.885 bits per heavy atom. The van der Waals surface area contributed by atoms with Gasteiger partial charge in [-0.05, 0) is 30.2 Å². The Hall–Kier alpha value is -2.52. The molecule has 0 aliphatic carbocycles. The van der Waals surface area contributed by atoms with Crippen molar-refractivity contribution in [1.82, 2.24) is 5.32 Å². The van der Waals surface area contributed by atoms with E-state index in [2.05, 4.69) is 41.7 Å². The number of hydrogen-bond donors (Lipinski definition) is 1. The molecule has 3 rings (SSSR count). The number of rotatable bonds is 7. The monoisotopic (exact) mass is 361 g/mol. The van der Waals surface area contributed by atoms with Crippen molar-refractivity contribution in [2.75, 3.05) is 5.75 Å². The van der Waals surface area contributed by atoms with Gasteiger partial charge in [-0.25, -0.2) is 0 Å². The van der Waals surface area contributed by atoms with Gasteiger partial charge in [-0.2, -0.15) is 11.8 Å². The van der Waals surface area contributed by atoms with Crippen LogP contribution in [0.15, 0.2) is 84.9 Å². The maximum absolute atomic E-state index is 12.7. The van der Waals surface area contributed by atoms with Crippen LogP contribution in [0.5, 0.6) is 0 Å². The molecule has 3 aromatic carbocycles. The number of amides is 1. The van der Waals surface area contributed by atoms with Gasteiger partial charge in [0.25, 0.3) is 5.91 Å². The average molecular weight is 362 g/mol. The third-order valence-electron chi connectivity index (χ3n) is 4.22. The van der Waals surface area contributed by atoms with Crippen LogP contribution in [0.25, 0.3) is 0 Å². The predicted octanol–water partition coefficient (Wildman–Crippen LogP) is 5.40. The molecule has 1 N–H and O–H groups in total. The Balaban J connectivity index is 1.67. The minimum atomic E-state index is -0.0286. The molecule has 0 aliphatic rings. The van der Waals surface area contributed by atoms with Crippen molar-refractivity contribution in [2.24, 2.45) is 0 Å². The molecule has 1 atom stereocenters. The average Bonchev–Trinajstić information content (AvgIpc) is 2.69. The number of nitrogens with one attached hydrogen (secondary N) is 1.